The number of carbonyl (C=O) groups is 1. The highest BCUT2D eigenvalue weighted by atomic mass is 16.6. The summed E-state index contributed by atoms with van der Waals surface area (Å²) in [5.74, 6) is -0.830. The number of rotatable bonds is 5. The molecular formula is C16H15NO4. The zero-order chi connectivity index (χ0) is 15.2. The standard InChI is InChI=1S/C16H15NO4/c1-21-16(18)15(17(19)20)8-4-5-12-9-10-13-6-2-3-7-14(13)11-12/h2-7,9-11,15H,8H2,1H3/b5-4+. The predicted molar refractivity (Wildman–Crippen MR) is 80.4 cm³/mol. The number of esters is 1. The van der Waals surface area contributed by atoms with Crippen LogP contribution in [0.4, 0.5) is 0 Å². The average Bonchev–Trinajstić information content (AvgIpc) is 2.50. The molecule has 0 amide bonds. The van der Waals surface area contributed by atoms with E-state index in [2.05, 4.69) is 4.74 Å². The van der Waals surface area contributed by atoms with Gasteiger partial charge < -0.3 is 4.74 Å². The van der Waals surface area contributed by atoms with Gasteiger partial charge in [-0.1, -0.05) is 48.6 Å². The van der Waals surface area contributed by atoms with E-state index in [0.717, 1.165) is 23.4 Å². The molecule has 2 aromatic rings. The Labute approximate surface area is 122 Å². The highest BCUT2D eigenvalue weighted by Gasteiger charge is 2.28. The summed E-state index contributed by atoms with van der Waals surface area (Å²) < 4.78 is 4.42. The van der Waals surface area contributed by atoms with Crippen molar-refractivity contribution in [2.75, 3.05) is 7.11 Å². The molecule has 2 aromatic carbocycles. The summed E-state index contributed by atoms with van der Waals surface area (Å²) in [6.45, 7) is 0. The van der Waals surface area contributed by atoms with Gasteiger partial charge in [0, 0.05) is 11.3 Å². The van der Waals surface area contributed by atoms with E-state index >= 15 is 0 Å². The minimum atomic E-state index is -1.35. The zero-order valence-electron chi connectivity index (χ0n) is 11.6. The molecule has 0 radical (unpaired) electrons. The molecule has 0 spiro atoms. The number of nitro groups is 1. The number of carbonyl (C=O) groups excluding carboxylic acids is 1. The molecule has 1 unspecified atom stereocenters. The van der Waals surface area contributed by atoms with Gasteiger partial charge in [0.05, 0.1) is 7.11 Å². The summed E-state index contributed by atoms with van der Waals surface area (Å²) in [6, 6.07) is 12.5. The van der Waals surface area contributed by atoms with E-state index in [0.29, 0.717) is 0 Å². The van der Waals surface area contributed by atoms with E-state index in [1.165, 1.54) is 0 Å². The topological polar surface area (TPSA) is 69.4 Å². The Bertz CT molecular complexity index is 693. The lowest BCUT2D eigenvalue weighted by Crippen LogP contribution is -2.29. The largest absolute Gasteiger partial charge is 0.464 e. The van der Waals surface area contributed by atoms with Crippen LogP contribution in [-0.2, 0) is 9.53 Å². The fourth-order valence-electron chi connectivity index (χ4n) is 2.05. The quantitative estimate of drug-likeness (QED) is 0.481. The first kappa shape index (κ1) is 14.7. The Morgan fingerprint density at radius 2 is 2.00 bits per heavy atom. The van der Waals surface area contributed by atoms with E-state index in [1.54, 1.807) is 12.2 Å². The molecule has 0 aliphatic rings. The minimum Gasteiger partial charge on any atom is -0.464 e. The maximum Gasteiger partial charge on any atom is 0.381 e. The number of hydrogen-bond acceptors (Lipinski definition) is 4. The molecule has 108 valence electrons. The Hall–Kier alpha value is -2.69. The zero-order valence-corrected chi connectivity index (χ0v) is 11.6. The highest BCUT2D eigenvalue weighted by molar-refractivity contribution is 5.84. The Kier molecular flexibility index (Phi) is 4.66. The van der Waals surface area contributed by atoms with Gasteiger partial charge in [-0.2, -0.15) is 0 Å². The van der Waals surface area contributed by atoms with E-state index in [1.807, 2.05) is 42.5 Å². The second kappa shape index (κ2) is 6.65. The van der Waals surface area contributed by atoms with E-state index in [-0.39, 0.29) is 6.42 Å². The summed E-state index contributed by atoms with van der Waals surface area (Å²) >= 11 is 0. The van der Waals surface area contributed by atoms with E-state index in [9.17, 15) is 14.9 Å². The molecule has 21 heavy (non-hydrogen) atoms. The number of benzene rings is 2. The van der Waals surface area contributed by atoms with Crippen molar-refractivity contribution in [3.05, 3.63) is 64.2 Å². The monoisotopic (exact) mass is 285 g/mol. The number of methoxy groups -OCH3 is 1. The molecule has 0 bridgehead atoms. The van der Waals surface area contributed by atoms with Crippen LogP contribution in [0, 0.1) is 10.1 Å². The highest BCUT2D eigenvalue weighted by Crippen LogP contribution is 2.16. The van der Waals surface area contributed by atoms with E-state index in [4.69, 9.17) is 0 Å². The van der Waals surface area contributed by atoms with Crippen molar-refractivity contribution in [2.24, 2.45) is 0 Å². The number of fused-ring (bicyclic) bond motifs is 1. The third-order valence-electron chi connectivity index (χ3n) is 3.17. The van der Waals surface area contributed by atoms with Crippen LogP contribution < -0.4 is 0 Å². The van der Waals surface area contributed by atoms with Gasteiger partial charge in [0.25, 0.3) is 0 Å². The fourth-order valence-corrected chi connectivity index (χ4v) is 2.05. The Balaban J connectivity index is 2.11. The van der Waals surface area contributed by atoms with Gasteiger partial charge >= 0.3 is 12.0 Å². The molecule has 0 saturated carbocycles. The summed E-state index contributed by atoms with van der Waals surface area (Å²) in [5.41, 5.74) is 0.931. The van der Waals surface area contributed by atoms with Crippen molar-refractivity contribution in [2.45, 2.75) is 12.5 Å². The molecule has 5 heteroatoms. The Morgan fingerprint density at radius 3 is 2.67 bits per heavy atom. The van der Waals surface area contributed by atoms with Crippen molar-refractivity contribution in [3.63, 3.8) is 0 Å². The summed E-state index contributed by atoms with van der Waals surface area (Å²) in [6.07, 6.45) is 3.40. The lowest BCUT2D eigenvalue weighted by atomic mass is 10.1. The first-order valence-electron chi connectivity index (χ1n) is 6.48. The molecule has 0 fully saturated rings. The number of ether oxygens (including phenoxy) is 1. The minimum absolute atomic E-state index is 0.00645. The van der Waals surface area contributed by atoms with Crippen molar-refractivity contribution in [3.8, 4) is 0 Å². The summed E-state index contributed by atoms with van der Waals surface area (Å²) in [4.78, 5) is 21.4. The third kappa shape index (κ3) is 3.66. The van der Waals surface area contributed by atoms with Gasteiger partial charge in [0.1, 0.15) is 0 Å². The Morgan fingerprint density at radius 1 is 1.29 bits per heavy atom. The van der Waals surface area contributed by atoms with Crippen LogP contribution in [0.3, 0.4) is 0 Å². The first-order valence-corrected chi connectivity index (χ1v) is 6.48. The van der Waals surface area contributed by atoms with Crippen LogP contribution in [0.15, 0.2) is 48.5 Å². The molecule has 0 saturated heterocycles. The van der Waals surface area contributed by atoms with Gasteiger partial charge in [0.2, 0.25) is 0 Å². The summed E-state index contributed by atoms with van der Waals surface area (Å²) in [7, 11) is 1.14. The van der Waals surface area contributed by atoms with E-state index < -0.39 is 16.9 Å². The maximum atomic E-state index is 11.3. The predicted octanol–water partition coefficient (Wildman–Crippen LogP) is 3.06. The fraction of sp³-hybridized carbons (Fsp3) is 0.188. The second-order valence-electron chi connectivity index (χ2n) is 4.57. The summed E-state index contributed by atoms with van der Waals surface area (Å²) in [5, 5.41) is 13.0. The van der Waals surface area contributed by atoms with Gasteiger partial charge in [-0.3, -0.25) is 10.1 Å². The van der Waals surface area contributed by atoms with Gasteiger partial charge in [-0.05, 0) is 22.4 Å². The third-order valence-corrected chi connectivity index (χ3v) is 3.17. The van der Waals surface area contributed by atoms with Crippen LogP contribution in [0.5, 0.6) is 0 Å². The van der Waals surface area contributed by atoms with Crippen molar-refractivity contribution in [1.82, 2.24) is 0 Å². The number of nitrogens with zero attached hydrogens (tertiary/aromatic N) is 1. The van der Waals surface area contributed by atoms with Gasteiger partial charge in [-0.15, -0.1) is 0 Å². The number of hydrogen-bond donors (Lipinski definition) is 0. The van der Waals surface area contributed by atoms with Crippen LogP contribution in [0.1, 0.15) is 12.0 Å². The molecule has 1 atom stereocenters. The van der Waals surface area contributed by atoms with Gasteiger partial charge in [0.15, 0.2) is 0 Å². The maximum absolute atomic E-state index is 11.3. The molecular weight excluding hydrogens is 270 g/mol. The van der Waals surface area contributed by atoms with Crippen molar-refractivity contribution >= 4 is 22.8 Å². The van der Waals surface area contributed by atoms with Gasteiger partial charge in [-0.25, -0.2) is 4.79 Å². The SMILES string of the molecule is COC(=O)C(C/C=C/c1ccc2ccccc2c1)[N+](=O)[O-]. The molecule has 0 aromatic heterocycles. The molecule has 2 rings (SSSR count). The molecule has 0 aliphatic heterocycles. The molecule has 5 nitrogen and oxygen atoms in total. The molecule has 0 aliphatic carbocycles. The average molecular weight is 285 g/mol. The smallest absolute Gasteiger partial charge is 0.381 e. The lowest BCUT2D eigenvalue weighted by Gasteiger charge is -2.04. The first-order chi connectivity index (χ1) is 10.1. The second-order valence-corrected chi connectivity index (χ2v) is 4.57. The van der Waals surface area contributed by atoms with Crippen LogP contribution in [0.25, 0.3) is 16.8 Å². The molecule has 0 heterocycles. The lowest BCUT2D eigenvalue weighted by molar-refractivity contribution is -0.509. The van der Waals surface area contributed by atoms with Crippen molar-refractivity contribution in [1.29, 1.82) is 0 Å². The van der Waals surface area contributed by atoms with Crippen molar-refractivity contribution < 1.29 is 14.5 Å². The molecule has 0 N–H and O–H groups in total. The van der Waals surface area contributed by atoms with Crippen LogP contribution in [0.2, 0.25) is 0 Å². The van der Waals surface area contributed by atoms with Crippen LogP contribution >= 0.6 is 0 Å². The van der Waals surface area contributed by atoms with Crippen LogP contribution in [-0.4, -0.2) is 24.0 Å². The normalized spacial score (nSPS) is 12.4.